The van der Waals surface area contributed by atoms with E-state index in [1.807, 2.05) is 6.92 Å². The van der Waals surface area contributed by atoms with Gasteiger partial charge in [0.05, 0.1) is 17.8 Å². The first-order chi connectivity index (χ1) is 13.2. The Morgan fingerprint density at radius 2 is 2.04 bits per heavy atom. The highest BCUT2D eigenvalue weighted by Crippen LogP contribution is 2.31. The predicted octanol–water partition coefficient (Wildman–Crippen LogP) is 2.86. The van der Waals surface area contributed by atoms with E-state index in [0.29, 0.717) is 12.1 Å². The molecule has 1 unspecified atom stereocenters. The van der Waals surface area contributed by atoms with Crippen LogP contribution in [0.2, 0.25) is 0 Å². The fourth-order valence-corrected chi connectivity index (χ4v) is 3.59. The Kier molecular flexibility index (Phi) is 8.26. The smallest absolute Gasteiger partial charge is 0.395 e. The van der Waals surface area contributed by atoms with Crippen LogP contribution in [-0.2, 0) is 10.4 Å². The molecule has 156 valence electrons. The molecule has 8 nitrogen and oxygen atoms in total. The highest BCUT2D eigenvalue weighted by atomic mass is 35.5. The summed E-state index contributed by atoms with van der Waals surface area (Å²) in [5.41, 5.74) is 1.25. The van der Waals surface area contributed by atoms with Gasteiger partial charge >= 0.3 is 10.4 Å². The minimum Gasteiger partial charge on any atom is -0.395 e. The van der Waals surface area contributed by atoms with Gasteiger partial charge in [0, 0.05) is 42.0 Å². The highest BCUT2D eigenvalue weighted by molar-refractivity contribution is 7.81. The maximum Gasteiger partial charge on any atom is 0.446 e. The molecule has 2 N–H and O–H groups in total. The molecule has 1 aromatic heterocycles. The van der Waals surface area contributed by atoms with Gasteiger partial charge in [0.25, 0.3) is 0 Å². The lowest BCUT2D eigenvalue weighted by Gasteiger charge is -2.26. The molecule has 0 amide bonds. The summed E-state index contributed by atoms with van der Waals surface area (Å²) in [6, 6.07) is 6.36. The van der Waals surface area contributed by atoms with E-state index in [9.17, 15) is 8.42 Å². The maximum atomic E-state index is 10.9. The zero-order valence-electron chi connectivity index (χ0n) is 16.0. The Morgan fingerprint density at radius 1 is 1.29 bits per heavy atom. The lowest BCUT2D eigenvalue weighted by molar-refractivity contribution is 0.199. The van der Waals surface area contributed by atoms with Gasteiger partial charge in [0.1, 0.15) is 5.75 Å². The van der Waals surface area contributed by atoms with Gasteiger partial charge in [0.15, 0.2) is 0 Å². The van der Waals surface area contributed by atoms with Crippen molar-refractivity contribution in [2.75, 3.05) is 30.7 Å². The number of aromatic nitrogens is 1. The number of benzene rings is 1. The van der Waals surface area contributed by atoms with Gasteiger partial charge < -0.3 is 14.2 Å². The number of aliphatic hydroxyl groups is 1. The van der Waals surface area contributed by atoms with Gasteiger partial charge in [-0.2, -0.15) is 8.42 Å². The molecule has 0 aliphatic carbocycles. The molecule has 10 heteroatoms. The van der Waals surface area contributed by atoms with Crippen molar-refractivity contribution >= 4 is 38.8 Å². The van der Waals surface area contributed by atoms with Crippen LogP contribution in [0.15, 0.2) is 30.5 Å². The Hall–Kier alpha value is -1.65. The topological polar surface area (TPSA) is 103 Å². The van der Waals surface area contributed by atoms with Gasteiger partial charge in [-0.05, 0) is 51.1 Å². The second-order valence-electron chi connectivity index (χ2n) is 6.48. The van der Waals surface area contributed by atoms with Crippen LogP contribution in [0, 0.1) is 0 Å². The summed E-state index contributed by atoms with van der Waals surface area (Å²) < 4.78 is 36.7. The molecule has 0 saturated heterocycles. The van der Waals surface area contributed by atoms with Crippen LogP contribution in [0.3, 0.4) is 0 Å². The second kappa shape index (κ2) is 10.2. The predicted molar refractivity (Wildman–Crippen MR) is 110 cm³/mol. The molecule has 2 aromatic rings. The van der Waals surface area contributed by atoms with Gasteiger partial charge in [-0.15, -0.1) is 0 Å². The molecule has 0 bridgehead atoms. The van der Waals surface area contributed by atoms with Crippen molar-refractivity contribution in [2.45, 2.75) is 32.7 Å². The zero-order chi connectivity index (χ0) is 20.7. The Morgan fingerprint density at radius 3 is 2.68 bits per heavy atom. The van der Waals surface area contributed by atoms with Crippen LogP contribution < -0.4 is 8.60 Å². The molecule has 1 aromatic carbocycles. The van der Waals surface area contributed by atoms with Crippen molar-refractivity contribution in [2.24, 2.45) is 0 Å². The molecule has 0 aliphatic heterocycles. The number of anilines is 1. The van der Waals surface area contributed by atoms with Crippen LogP contribution in [0.4, 0.5) is 5.69 Å². The summed E-state index contributed by atoms with van der Waals surface area (Å²) in [4.78, 5) is 6.40. The molecule has 0 fully saturated rings. The molecule has 0 spiro atoms. The van der Waals surface area contributed by atoms with Crippen LogP contribution >= 0.6 is 11.8 Å². The van der Waals surface area contributed by atoms with Crippen LogP contribution in [-0.4, -0.2) is 60.2 Å². The standard InChI is InChI=1S/C18H26ClN3O5S/c1-3-21(11-12-23)10-4-5-14(2)22(19)18-8-9-20-17-13-15(6-7-16(17)18)27-28(24,25)26/h6-9,13-14,23H,3-5,10-12H2,1-2H3,(H,24,25,26). The third kappa shape index (κ3) is 6.46. The van der Waals surface area contributed by atoms with Crippen LogP contribution in [0.25, 0.3) is 10.9 Å². The molecule has 0 radical (unpaired) electrons. The molecular weight excluding hydrogens is 406 g/mol. The maximum absolute atomic E-state index is 10.9. The Labute approximate surface area is 170 Å². The van der Waals surface area contributed by atoms with Crippen molar-refractivity contribution in [3.63, 3.8) is 0 Å². The number of nitrogens with zero attached hydrogens (tertiary/aromatic N) is 3. The van der Waals surface area contributed by atoms with E-state index in [4.69, 9.17) is 21.4 Å². The van der Waals surface area contributed by atoms with Crippen molar-refractivity contribution < 1.29 is 22.3 Å². The van der Waals surface area contributed by atoms with Crippen LogP contribution in [0.1, 0.15) is 26.7 Å². The molecule has 2 rings (SSSR count). The Bertz CT molecular complexity index is 881. The van der Waals surface area contributed by atoms with Crippen molar-refractivity contribution in [1.29, 1.82) is 0 Å². The number of hydrogen-bond donors (Lipinski definition) is 2. The fraction of sp³-hybridized carbons (Fsp3) is 0.500. The summed E-state index contributed by atoms with van der Waals surface area (Å²) in [5.74, 6) is -0.0302. The molecule has 0 aliphatic rings. The number of aliphatic hydroxyl groups excluding tert-OH is 1. The van der Waals surface area contributed by atoms with Gasteiger partial charge in [-0.3, -0.25) is 14.0 Å². The first-order valence-electron chi connectivity index (χ1n) is 9.09. The lowest BCUT2D eigenvalue weighted by Crippen LogP contribution is -2.30. The number of pyridine rings is 1. The SMILES string of the molecule is CCN(CCO)CCCC(C)N(Cl)c1ccnc2cc(OS(=O)(=O)O)ccc12. The van der Waals surface area contributed by atoms with Gasteiger partial charge in [-0.25, -0.2) is 0 Å². The molecule has 1 atom stereocenters. The van der Waals surface area contributed by atoms with Gasteiger partial charge in [-0.1, -0.05) is 6.92 Å². The number of hydrogen-bond acceptors (Lipinski definition) is 7. The van der Waals surface area contributed by atoms with E-state index in [1.54, 1.807) is 22.7 Å². The normalized spacial score (nSPS) is 13.1. The van der Waals surface area contributed by atoms with E-state index < -0.39 is 10.4 Å². The van der Waals surface area contributed by atoms with E-state index in [1.165, 1.54) is 12.1 Å². The minimum absolute atomic E-state index is 0.0302. The number of rotatable bonds is 11. The summed E-state index contributed by atoms with van der Waals surface area (Å²) >= 11 is 6.58. The number of fused-ring (bicyclic) bond motifs is 1. The summed E-state index contributed by atoms with van der Waals surface area (Å²) in [7, 11) is -4.59. The molecule has 0 saturated carbocycles. The average molecular weight is 432 g/mol. The number of likely N-dealkylation sites (N-methyl/N-ethyl adjacent to an activating group) is 1. The summed E-state index contributed by atoms with van der Waals surface area (Å²) in [6.45, 7) is 6.69. The monoisotopic (exact) mass is 431 g/mol. The van der Waals surface area contributed by atoms with Crippen molar-refractivity contribution in [1.82, 2.24) is 9.88 Å². The quantitative estimate of drug-likeness (QED) is 0.413. The van der Waals surface area contributed by atoms with Crippen LogP contribution in [0.5, 0.6) is 5.75 Å². The summed E-state index contributed by atoms with van der Waals surface area (Å²) in [5, 5.41) is 9.80. The Balaban J connectivity index is 2.10. The minimum atomic E-state index is -4.59. The number of halogens is 1. The lowest BCUT2D eigenvalue weighted by atomic mass is 10.1. The van der Waals surface area contributed by atoms with Crippen molar-refractivity contribution in [3.05, 3.63) is 30.5 Å². The highest BCUT2D eigenvalue weighted by Gasteiger charge is 2.17. The first kappa shape index (κ1) is 22.6. The van der Waals surface area contributed by atoms with E-state index in [2.05, 4.69) is 21.0 Å². The molecule has 28 heavy (non-hydrogen) atoms. The first-order valence-corrected chi connectivity index (χ1v) is 10.8. The fourth-order valence-electron chi connectivity index (χ4n) is 3.00. The van der Waals surface area contributed by atoms with Crippen molar-refractivity contribution in [3.8, 4) is 5.75 Å². The molecular formula is C18H26ClN3O5S. The second-order valence-corrected chi connectivity index (χ2v) is 7.87. The summed E-state index contributed by atoms with van der Waals surface area (Å²) in [6.07, 6.45) is 3.38. The third-order valence-electron chi connectivity index (χ3n) is 4.47. The van der Waals surface area contributed by atoms with Gasteiger partial charge in [0.2, 0.25) is 0 Å². The third-order valence-corrected chi connectivity index (χ3v) is 5.39. The largest absolute Gasteiger partial charge is 0.446 e. The van der Waals surface area contributed by atoms with E-state index >= 15 is 0 Å². The van der Waals surface area contributed by atoms with E-state index in [-0.39, 0.29) is 18.4 Å². The zero-order valence-corrected chi connectivity index (χ0v) is 17.5. The van der Waals surface area contributed by atoms with E-state index in [0.717, 1.165) is 37.0 Å². The average Bonchev–Trinajstić information content (AvgIpc) is 2.64. The molecule has 1 heterocycles.